The van der Waals surface area contributed by atoms with Crippen LogP contribution in [0.4, 0.5) is 0 Å². The van der Waals surface area contributed by atoms with E-state index < -0.39 is 17.7 Å². The summed E-state index contributed by atoms with van der Waals surface area (Å²) in [6.07, 6.45) is 1.68. The minimum atomic E-state index is -0.639. The van der Waals surface area contributed by atoms with Crippen LogP contribution in [0.25, 0.3) is 5.76 Å². The van der Waals surface area contributed by atoms with Crippen molar-refractivity contribution in [3.63, 3.8) is 0 Å². The molecule has 5 nitrogen and oxygen atoms in total. The molecule has 1 N–H and O–H groups in total. The molecule has 2 aromatic carbocycles. The summed E-state index contributed by atoms with van der Waals surface area (Å²) in [5.41, 5.74) is 3.31. The van der Waals surface area contributed by atoms with E-state index in [1.807, 2.05) is 51.1 Å². The van der Waals surface area contributed by atoms with Gasteiger partial charge in [-0.05, 0) is 49.6 Å². The lowest BCUT2D eigenvalue weighted by Crippen LogP contribution is -2.30. The second kappa shape index (κ2) is 8.52. The third kappa shape index (κ3) is 3.90. The number of benzene rings is 2. The summed E-state index contributed by atoms with van der Waals surface area (Å²) in [5, 5.41) is 11.1. The predicted octanol–water partition coefficient (Wildman–Crippen LogP) is 4.53. The van der Waals surface area contributed by atoms with Gasteiger partial charge in [0.2, 0.25) is 0 Å². The van der Waals surface area contributed by atoms with Crippen LogP contribution >= 0.6 is 0 Å². The monoisotopic (exact) mass is 393 g/mol. The number of amides is 1. The maximum absolute atomic E-state index is 13.0. The Hall–Kier alpha value is -3.08. The predicted molar refractivity (Wildman–Crippen MR) is 113 cm³/mol. The highest BCUT2D eigenvalue weighted by molar-refractivity contribution is 6.46. The second-order valence-electron chi connectivity index (χ2n) is 7.44. The fourth-order valence-corrected chi connectivity index (χ4v) is 3.71. The Balaban J connectivity index is 2.19. The number of rotatable bonds is 6. The average molecular weight is 393 g/mol. The van der Waals surface area contributed by atoms with Gasteiger partial charge in [0.05, 0.1) is 18.7 Å². The van der Waals surface area contributed by atoms with Crippen molar-refractivity contribution in [3.05, 3.63) is 70.3 Å². The summed E-state index contributed by atoms with van der Waals surface area (Å²) in [5.74, 6) is -0.635. The summed E-state index contributed by atoms with van der Waals surface area (Å²) in [4.78, 5) is 27.4. The van der Waals surface area contributed by atoms with Gasteiger partial charge >= 0.3 is 0 Å². The molecule has 0 bridgehead atoms. The molecule has 0 radical (unpaired) electrons. The Bertz CT molecular complexity index is 959. The van der Waals surface area contributed by atoms with E-state index in [1.165, 1.54) is 0 Å². The number of aliphatic hydroxyl groups excluding tert-OH is 1. The molecular weight excluding hydrogens is 366 g/mol. The van der Waals surface area contributed by atoms with E-state index in [2.05, 4.69) is 0 Å². The lowest BCUT2D eigenvalue weighted by Gasteiger charge is -2.25. The molecule has 2 aromatic rings. The van der Waals surface area contributed by atoms with Gasteiger partial charge in [0.1, 0.15) is 11.5 Å². The molecule has 1 atom stereocenters. The number of ketones is 1. The first-order valence-electron chi connectivity index (χ1n) is 9.89. The Morgan fingerprint density at radius 1 is 1.10 bits per heavy atom. The SMILES string of the molecule is CCCCN1C(=O)C(=O)/C(=C(/O)c2cc(C)ccc2C)C1c1ccc(OC)cc1. The number of carbonyl (C=O) groups excluding carboxylic acids is 2. The van der Waals surface area contributed by atoms with Gasteiger partial charge in [0.15, 0.2) is 0 Å². The van der Waals surface area contributed by atoms with E-state index in [9.17, 15) is 14.7 Å². The first-order chi connectivity index (χ1) is 13.9. The highest BCUT2D eigenvalue weighted by Gasteiger charge is 2.45. The Morgan fingerprint density at radius 2 is 1.79 bits per heavy atom. The highest BCUT2D eigenvalue weighted by Crippen LogP contribution is 2.40. The number of likely N-dealkylation sites (tertiary alicyclic amines) is 1. The molecule has 1 aliphatic heterocycles. The zero-order valence-electron chi connectivity index (χ0n) is 17.4. The number of hydrogen-bond donors (Lipinski definition) is 1. The van der Waals surface area contributed by atoms with Crippen molar-refractivity contribution in [2.24, 2.45) is 0 Å². The summed E-state index contributed by atoms with van der Waals surface area (Å²) in [6.45, 7) is 6.30. The van der Waals surface area contributed by atoms with Gasteiger partial charge in [-0.2, -0.15) is 0 Å². The maximum Gasteiger partial charge on any atom is 0.295 e. The molecule has 1 fully saturated rings. The third-order valence-corrected chi connectivity index (χ3v) is 5.37. The number of carbonyl (C=O) groups is 2. The van der Waals surface area contributed by atoms with E-state index in [4.69, 9.17) is 4.74 Å². The highest BCUT2D eigenvalue weighted by atomic mass is 16.5. The lowest BCUT2D eigenvalue weighted by molar-refractivity contribution is -0.139. The zero-order chi connectivity index (χ0) is 21.1. The van der Waals surface area contributed by atoms with Crippen LogP contribution in [-0.4, -0.2) is 35.4 Å². The minimum Gasteiger partial charge on any atom is -0.507 e. The molecule has 1 heterocycles. The largest absolute Gasteiger partial charge is 0.507 e. The van der Waals surface area contributed by atoms with E-state index in [0.717, 1.165) is 29.5 Å². The normalized spacial score (nSPS) is 18.3. The van der Waals surface area contributed by atoms with Crippen LogP contribution in [0.5, 0.6) is 5.75 Å². The molecule has 0 spiro atoms. The molecule has 1 saturated heterocycles. The van der Waals surface area contributed by atoms with Crippen molar-refractivity contribution in [2.75, 3.05) is 13.7 Å². The quantitative estimate of drug-likeness (QED) is 0.445. The summed E-state index contributed by atoms with van der Waals surface area (Å²) in [7, 11) is 1.59. The molecular formula is C24H27NO4. The fourth-order valence-electron chi connectivity index (χ4n) is 3.71. The van der Waals surface area contributed by atoms with E-state index in [-0.39, 0.29) is 11.3 Å². The Morgan fingerprint density at radius 3 is 2.41 bits per heavy atom. The number of Topliss-reactive ketones (excluding diaryl/α,β-unsaturated/α-hetero) is 1. The summed E-state index contributed by atoms with van der Waals surface area (Å²) in [6, 6.07) is 12.4. The van der Waals surface area contributed by atoms with Gasteiger partial charge in [-0.1, -0.05) is 43.2 Å². The third-order valence-electron chi connectivity index (χ3n) is 5.37. The molecule has 0 aromatic heterocycles. The lowest BCUT2D eigenvalue weighted by atomic mass is 9.93. The number of aliphatic hydroxyl groups is 1. The number of ether oxygens (including phenoxy) is 1. The van der Waals surface area contributed by atoms with E-state index >= 15 is 0 Å². The molecule has 29 heavy (non-hydrogen) atoms. The van der Waals surface area contributed by atoms with Gasteiger partial charge < -0.3 is 14.7 Å². The van der Waals surface area contributed by atoms with Crippen molar-refractivity contribution < 1.29 is 19.4 Å². The molecule has 1 unspecified atom stereocenters. The first-order valence-corrected chi connectivity index (χ1v) is 9.89. The van der Waals surface area contributed by atoms with Crippen LogP contribution in [0.1, 0.15) is 48.1 Å². The van der Waals surface area contributed by atoms with Gasteiger partial charge in [0, 0.05) is 12.1 Å². The minimum absolute atomic E-state index is 0.121. The van der Waals surface area contributed by atoms with Crippen molar-refractivity contribution in [2.45, 2.75) is 39.7 Å². The number of unbranched alkanes of at least 4 members (excludes halogenated alkanes) is 1. The van der Waals surface area contributed by atoms with Crippen LogP contribution in [-0.2, 0) is 9.59 Å². The van der Waals surface area contributed by atoms with Crippen LogP contribution < -0.4 is 4.74 Å². The molecule has 3 rings (SSSR count). The van der Waals surface area contributed by atoms with Crippen molar-refractivity contribution in [3.8, 4) is 5.75 Å². The van der Waals surface area contributed by atoms with Crippen LogP contribution in [0.2, 0.25) is 0 Å². The molecule has 0 aliphatic carbocycles. The molecule has 5 heteroatoms. The maximum atomic E-state index is 13.0. The summed E-state index contributed by atoms with van der Waals surface area (Å²) >= 11 is 0. The van der Waals surface area contributed by atoms with Gasteiger partial charge in [-0.3, -0.25) is 9.59 Å². The van der Waals surface area contributed by atoms with Crippen LogP contribution in [0, 0.1) is 13.8 Å². The Labute approximate surface area is 171 Å². The van der Waals surface area contributed by atoms with E-state index in [0.29, 0.717) is 17.9 Å². The molecule has 1 amide bonds. The fraction of sp³-hybridized carbons (Fsp3) is 0.333. The number of hydrogen-bond acceptors (Lipinski definition) is 4. The van der Waals surface area contributed by atoms with Crippen molar-refractivity contribution >= 4 is 17.4 Å². The van der Waals surface area contributed by atoms with Crippen molar-refractivity contribution in [1.82, 2.24) is 4.90 Å². The van der Waals surface area contributed by atoms with E-state index in [1.54, 1.807) is 24.1 Å². The average Bonchev–Trinajstić information content (AvgIpc) is 2.98. The van der Waals surface area contributed by atoms with Gasteiger partial charge in [-0.25, -0.2) is 0 Å². The zero-order valence-corrected chi connectivity index (χ0v) is 17.4. The molecule has 152 valence electrons. The van der Waals surface area contributed by atoms with Crippen LogP contribution in [0.15, 0.2) is 48.0 Å². The van der Waals surface area contributed by atoms with Gasteiger partial charge in [-0.15, -0.1) is 0 Å². The smallest absolute Gasteiger partial charge is 0.295 e. The second-order valence-corrected chi connectivity index (χ2v) is 7.44. The Kier molecular flexibility index (Phi) is 6.06. The topological polar surface area (TPSA) is 66.8 Å². The number of methoxy groups -OCH3 is 1. The number of aryl methyl sites for hydroxylation is 2. The van der Waals surface area contributed by atoms with Gasteiger partial charge in [0.25, 0.3) is 11.7 Å². The molecule has 1 aliphatic rings. The molecule has 0 saturated carbocycles. The van der Waals surface area contributed by atoms with Crippen molar-refractivity contribution in [1.29, 1.82) is 0 Å². The number of nitrogens with zero attached hydrogens (tertiary/aromatic N) is 1. The standard InChI is InChI=1S/C24H27NO4/c1-5-6-13-25-21(17-9-11-18(29-4)12-10-17)20(23(27)24(25)28)22(26)19-14-15(2)7-8-16(19)3/h7-12,14,21,26H,5-6,13H2,1-4H3/b22-20+. The van der Waals surface area contributed by atoms with Crippen LogP contribution in [0.3, 0.4) is 0 Å². The summed E-state index contributed by atoms with van der Waals surface area (Å²) < 4.78 is 5.23. The first kappa shape index (κ1) is 20.6.